The average molecular weight is 334 g/mol. The molecule has 3 atom stereocenters. The number of nitrogens with zero attached hydrogens (tertiary/aromatic N) is 1. The molecule has 0 aromatic rings. The summed E-state index contributed by atoms with van der Waals surface area (Å²) < 4.78 is 28.7. The molecular weight excluding hydrogens is 311 g/mol. The molecule has 0 aromatic heterocycles. The van der Waals surface area contributed by atoms with Crippen molar-refractivity contribution in [1.82, 2.24) is 5.32 Å². The monoisotopic (exact) mass is 334 g/mol. The molecule has 0 saturated carbocycles. The fourth-order valence-corrected chi connectivity index (χ4v) is 2.08. The van der Waals surface area contributed by atoms with E-state index < -0.39 is 34.8 Å². The SMILES string of the molecule is COC(CN)COC(=N)/C(=C(/C)NC1CCOCC1F)[N+](=O)[O-]. The van der Waals surface area contributed by atoms with E-state index in [0.717, 1.165) is 0 Å². The molecule has 132 valence electrons. The lowest BCUT2D eigenvalue weighted by molar-refractivity contribution is -0.418. The molecule has 1 fully saturated rings. The summed E-state index contributed by atoms with van der Waals surface area (Å²) in [5.74, 6) is -0.627. The summed E-state index contributed by atoms with van der Waals surface area (Å²) in [7, 11) is 1.42. The highest BCUT2D eigenvalue weighted by Gasteiger charge is 2.30. The van der Waals surface area contributed by atoms with Gasteiger partial charge in [0, 0.05) is 20.3 Å². The van der Waals surface area contributed by atoms with Crippen LogP contribution < -0.4 is 11.1 Å². The van der Waals surface area contributed by atoms with Gasteiger partial charge in [0.15, 0.2) is 0 Å². The van der Waals surface area contributed by atoms with Gasteiger partial charge in [0.05, 0.1) is 23.3 Å². The summed E-state index contributed by atoms with van der Waals surface area (Å²) in [6.45, 7) is 1.80. The molecule has 0 aliphatic carbocycles. The van der Waals surface area contributed by atoms with Crippen LogP contribution in [0.2, 0.25) is 0 Å². The number of halogens is 1. The molecule has 4 N–H and O–H groups in total. The molecular formula is C13H23FN4O5. The highest BCUT2D eigenvalue weighted by atomic mass is 19.1. The van der Waals surface area contributed by atoms with Gasteiger partial charge in [-0.15, -0.1) is 0 Å². The maximum absolute atomic E-state index is 13.7. The lowest BCUT2D eigenvalue weighted by Crippen LogP contribution is -2.44. The summed E-state index contributed by atoms with van der Waals surface area (Å²) in [5, 5.41) is 21.7. The molecule has 23 heavy (non-hydrogen) atoms. The van der Waals surface area contributed by atoms with Crippen LogP contribution in [0, 0.1) is 15.5 Å². The fraction of sp³-hybridized carbons (Fsp3) is 0.769. The number of allylic oxidation sites excluding steroid dienone is 1. The lowest BCUT2D eigenvalue weighted by atomic mass is 10.1. The van der Waals surface area contributed by atoms with E-state index in [2.05, 4.69) is 5.32 Å². The number of nitro groups is 1. The number of nitrogens with one attached hydrogen (secondary N) is 2. The predicted octanol–water partition coefficient (Wildman–Crippen LogP) is 0.179. The second-order valence-electron chi connectivity index (χ2n) is 5.09. The minimum absolute atomic E-state index is 0.0568. The van der Waals surface area contributed by atoms with Crippen molar-refractivity contribution in [2.75, 3.05) is 33.5 Å². The van der Waals surface area contributed by atoms with Gasteiger partial charge in [-0.2, -0.15) is 0 Å². The second-order valence-corrected chi connectivity index (χ2v) is 5.09. The molecule has 0 bridgehead atoms. The Labute approximate surface area is 133 Å². The molecule has 1 saturated heterocycles. The predicted molar refractivity (Wildman–Crippen MR) is 80.5 cm³/mol. The second kappa shape index (κ2) is 9.38. The normalized spacial score (nSPS) is 23.7. The highest BCUT2D eigenvalue weighted by molar-refractivity contribution is 5.89. The summed E-state index contributed by atoms with van der Waals surface area (Å²) in [5.41, 5.74) is 4.94. The zero-order valence-electron chi connectivity index (χ0n) is 13.2. The van der Waals surface area contributed by atoms with Crippen LogP contribution in [0.5, 0.6) is 0 Å². The van der Waals surface area contributed by atoms with E-state index in [1.165, 1.54) is 14.0 Å². The Morgan fingerprint density at radius 1 is 1.65 bits per heavy atom. The van der Waals surface area contributed by atoms with Gasteiger partial charge in [0.25, 0.3) is 5.90 Å². The van der Waals surface area contributed by atoms with E-state index in [0.29, 0.717) is 13.0 Å². The quantitative estimate of drug-likeness (QED) is 0.249. The first kappa shape index (κ1) is 19.3. The minimum atomic E-state index is -1.27. The smallest absolute Gasteiger partial charge is 0.348 e. The summed E-state index contributed by atoms with van der Waals surface area (Å²) in [6, 6.07) is -0.595. The van der Waals surface area contributed by atoms with Gasteiger partial charge in [-0.3, -0.25) is 15.5 Å². The Balaban J connectivity index is 2.77. The molecule has 1 aliphatic heterocycles. The summed E-state index contributed by atoms with van der Waals surface area (Å²) in [6.07, 6.45) is -1.35. The van der Waals surface area contributed by atoms with Gasteiger partial charge in [0.1, 0.15) is 18.9 Å². The Kier molecular flexibility index (Phi) is 7.86. The largest absolute Gasteiger partial charge is 0.470 e. The van der Waals surface area contributed by atoms with Crippen LogP contribution >= 0.6 is 0 Å². The van der Waals surface area contributed by atoms with E-state index >= 15 is 0 Å². The minimum Gasteiger partial charge on any atom is -0.470 e. The number of ether oxygens (including phenoxy) is 3. The fourth-order valence-electron chi connectivity index (χ4n) is 2.08. The van der Waals surface area contributed by atoms with Crippen LogP contribution in [0.3, 0.4) is 0 Å². The number of methoxy groups -OCH3 is 1. The molecule has 0 aromatic carbocycles. The van der Waals surface area contributed by atoms with Crippen LogP contribution in [-0.2, 0) is 14.2 Å². The number of hydrogen-bond acceptors (Lipinski definition) is 8. The lowest BCUT2D eigenvalue weighted by Gasteiger charge is -2.27. The van der Waals surface area contributed by atoms with E-state index in [1.54, 1.807) is 0 Å². The molecule has 0 amide bonds. The number of alkyl halides is 1. The average Bonchev–Trinajstić information content (AvgIpc) is 2.50. The van der Waals surface area contributed by atoms with Gasteiger partial charge in [-0.25, -0.2) is 4.39 Å². The Morgan fingerprint density at radius 3 is 2.87 bits per heavy atom. The van der Waals surface area contributed by atoms with Gasteiger partial charge in [-0.05, 0) is 13.3 Å². The third-order valence-corrected chi connectivity index (χ3v) is 3.45. The van der Waals surface area contributed by atoms with E-state index in [4.69, 9.17) is 25.4 Å². The molecule has 3 unspecified atom stereocenters. The van der Waals surface area contributed by atoms with E-state index in [1.807, 2.05) is 0 Å². The Bertz CT molecular complexity index is 456. The molecule has 10 heteroatoms. The zero-order valence-corrected chi connectivity index (χ0v) is 13.2. The topological polar surface area (TPSA) is 133 Å². The van der Waals surface area contributed by atoms with Crippen LogP contribution in [0.1, 0.15) is 13.3 Å². The van der Waals surface area contributed by atoms with Gasteiger partial charge < -0.3 is 25.3 Å². The molecule has 1 rings (SSSR count). The van der Waals surface area contributed by atoms with Crippen molar-refractivity contribution >= 4 is 5.90 Å². The van der Waals surface area contributed by atoms with Crippen molar-refractivity contribution in [1.29, 1.82) is 5.41 Å². The van der Waals surface area contributed by atoms with Crippen molar-refractivity contribution in [2.24, 2.45) is 5.73 Å². The first-order valence-electron chi connectivity index (χ1n) is 7.18. The molecule has 1 aliphatic rings. The number of rotatable bonds is 8. The van der Waals surface area contributed by atoms with Crippen LogP contribution in [-0.4, -0.2) is 62.6 Å². The van der Waals surface area contributed by atoms with Crippen molar-refractivity contribution in [3.8, 4) is 0 Å². The molecule has 0 spiro atoms. The molecule has 1 heterocycles. The number of nitrogens with two attached hydrogens (primary N) is 1. The third kappa shape index (κ3) is 5.73. The van der Waals surface area contributed by atoms with Crippen molar-refractivity contribution in [3.63, 3.8) is 0 Å². The van der Waals surface area contributed by atoms with Crippen LogP contribution in [0.4, 0.5) is 4.39 Å². The summed E-state index contributed by atoms with van der Waals surface area (Å²) >= 11 is 0. The standard InChI is InChI=1S/C13H23FN4O5/c1-8(17-11-3-4-22-7-10(11)14)12(18(19)20)13(16)23-6-9(5-15)21-2/h9-11,16-17H,3-7,15H2,1-2H3/b12-8+,16-13?. The molecule has 9 nitrogen and oxygen atoms in total. The van der Waals surface area contributed by atoms with Crippen LogP contribution in [0.25, 0.3) is 0 Å². The van der Waals surface area contributed by atoms with Crippen LogP contribution in [0.15, 0.2) is 11.4 Å². The van der Waals surface area contributed by atoms with Crippen molar-refractivity contribution in [3.05, 3.63) is 21.5 Å². The zero-order chi connectivity index (χ0) is 17.4. The van der Waals surface area contributed by atoms with E-state index in [-0.39, 0.29) is 25.5 Å². The van der Waals surface area contributed by atoms with Crippen molar-refractivity contribution in [2.45, 2.75) is 31.7 Å². The first-order valence-corrected chi connectivity index (χ1v) is 7.18. The highest BCUT2D eigenvalue weighted by Crippen LogP contribution is 2.15. The van der Waals surface area contributed by atoms with Gasteiger partial charge >= 0.3 is 5.70 Å². The molecule has 0 radical (unpaired) electrons. The Hall–Kier alpha value is -1.78. The summed E-state index contributed by atoms with van der Waals surface area (Å²) in [4.78, 5) is 10.5. The maximum Gasteiger partial charge on any atom is 0.348 e. The number of hydrogen-bond donors (Lipinski definition) is 3. The Morgan fingerprint density at radius 2 is 2.35 bits per heavy atom. The first-order chi connectivity index (χ1) is 10.9. The van der Waals surface area contributed by atoms with Crippen molar-refractivity contribution < 1.29 is 23.5 Å². The van der Waals surface area contributed by atoms with Gasteiger partial charge in [-0.1, -0.05) is 0 Å². The third-order valence-electron chi connectivity index (χ3n) is 3.45. The maximum atomic E-state index is 13.7. The van der Waals surface area contributed by atoms with E-state index in [9.17, 15) is 14.5 Å². The van der Waals surface area contributed by atoms with Gasteiger partial charge in [0.2, 0.25) is 0 Å².